The first-order valence-electron chi connectivity index (χ1n) is 8.60. The van der Waals surface area contributed by atoms with Crippen LogP contribution in [0.2, 0.25) is 0 Å². The van der Waals surface area contributed by atoms with Crippen LogP contribution in [-0.2, 0) is 9.53 Å². The van der Waals surface area contributed by atoms with E-state index in [0.717, 1.165) is 4.88 Å². The van der Waals surface area contributed by atoms with E-state index in [2.05, 4.69) is 22.0 Å². The van der Waals surface area contributed by atoms with Crippen LogP contribution in [0.1, 0.15) is 10.6 Å². The van der Waals surface area contributed by atoms with Crippen molar-refractivity contribution in [3.8, 4) is 16.4 Å². The Labute approximate surface area is 174 Å². The molecule has 3 aromatic rings. The number of hydrogen-bond acceptors (Lipinski definition) is 7. The maximum Gasteiger partial charge on any atom is 0.378 e. The molecule has 0 aliphatic rings. The fraction of sp³-hybridized carbons (Fsp3) is 0.105. The van der Waals surface area contributed by atoms with Crippen molar-refractivity contribution in [2.75, 3.05) is 13.2 Å². The highest BCUT2D eigenvalue weighted by Crippen LogP contribution is 2.25. The number of imide groups is 1. The Kier molecular flexibility index (Phi) is 6.65. The van der Waals surface area contributed by atoms with E-state index in [-0.39, 0.29) is 12.4 Å². The number of hydrogen-bond donors (Lipinski definition) is 2. The molecule has 0 radical (unpaired) electrons. The topological polar surface area (TPSA) is 115 Å². The van der Waals surface area contributed by atoms with E-state index in [9.17, 15) is 18.8 Å². The molecule has 0 aliphatic carbocycles. The van der Waals surface area contributed by atoms with E-state index in [1.54, 1.807) is 6.07 Å². The van der Waals surface area contributed by atoms with Crippen LogP contribution in [0.5, 0.6) is 0 Å². The lowest BCUT2D eigenvalue weighted by molar-refractivity contribution is -0.123. The molecule has 154 valence electrons. The van der Waals surface area contributed by atoms with Crippen molar-refractivity contribution in [1.82, 2.24) is 25.4 Å². The van der Waals surface area contributed by atoms with Crippen LogP contribution in [0.3, 0.4) is 0 Å². The number of carbonyl (C=O) groups is 3. The first-order valence-corrected chi connectivity index (χ1v) is 9.48. The number of nitrogens with zero attached hydrogens (tertiary/aromatic N) is 3. The quantitative estimate of drug-likeness (QED) is 0.440. The number of urea groups is 1. The molecule has 0 fully saturated rings. The van der Waals surface area contributed by atoms with Crippen molar-refractivity contribution in [2.24, 2.45) is 0 Å². The summed E-state index contributed by atoms with van der Waals surface area (Å²) in [4.78, 5) is 40.4. The Bertz CT molecular complexity index is 1060. The van der Waals surface area contributed by atoms with Gasteiger partial charge in [-0.1, -0.05) is 12.1 Å². The van der Waals surface area contributed by atoms with Crippen LogP contribution in [0.15, 0.2) is 54.4 Å². The van der Waals surface area contributed by atoms with Gasteiger partial charge in [-0.25, -0.2) is 18.7 Å². The molecule has 11 heteroatoms. The summed E-state index contributed by atoms with van der Waals surface area (Å²) in [5, 5.41) is 10.3. The molecule has 3 amide bonds. The van der Waals surface area contributed by atoms with E-state index in [1.165, 1.54) is 46.4 Å². The van der Waals surface area contributed by atoms with E-state index in [4.69, 9.17) is 4.74 Å². The maximum absolute atomic E-state index is 13.3. The van der Waals surface area contributed by atoms with Crippen LogP contribution in [0.4, 0.5) is 9.18 Å². The van der Waals surface area contributed by atoms with Gasteiger partial charge in [0.2, 0.25) is 0 Å². The first kappa shape index (κ1) is 20.9. The molecular weight excluding hydrogens is 413 g/mol. The van der Waals surface area contributed by atoms with Crippen LogP contribution >= 0.6 is 11.3 Å². The number of rotatable bonds is 7. The summed E-state index contributed by atoms with van der Waals surface area (Å²) in [6, 6.07) is 8.36. The number of benzene rings is 1. The molecule has 0 saturated carbocycles. The van der Waals surface area contributed by atoms with E-state index >= 15 is 0 Å². The van der Waals surface area contributed by atoms with Gasteiger partial charge >= 0.3 is 12.0 Å². The van der Waals surface area contributed by atoms with E-state index in [0.29, 0.717) is 11.5 Å². The summed E-state index contributed by atoms with van der Waals surface area (Å²) in [5.41, 5.74) is 0.489. The standard InChI is InChI=1S/C19H16FN5O4S/c1-2-9-21-19(28)22-15(26)11-29-18(27)16-23-17(14-4-3-10-30-14)25(24-16)13-7-5-12(20)6-8-13/h2-8,10H,1,9,11H2,(H2,21,22,26,28). The Balaban J connectivity index is 1.74. The molecule has 2 aromatic heterocycles. The second-order valence-electron chi connectivity index (χ2n) is 5.75. The minimum absolute atomic E-state index is 0.176. The highest BCUT2D eigenvalue weighted by atomic mass is 32.1. The normalized spacial score (nSPS) is 10.3. The maximum atomic E-state index is 13.3. The minimum Gasteiger partial charge on any atom is -0.450 e. The summed E-state index contributed by atoms with van der Waals surface area (Å²) < 4.78 is 19.5. The summed E-state index contributed by atoms with van der Waals surface area (Å²) in [7, 11) is 0. The molecule has 0 bridgehead atoms. The highest BCUT2D eigenvalue weighted by Gasteiger charge is 2.21. The van der Waals surface area contributed by atoms with Crippen LogP contribution in [-0.4, -0.2) is 45.8 Å². The van der Waals surface area contributed by atoms with E-state index < -0.39 is 30.3 Å². The van der Waals surface area contributed by atoms with Gasteiger partial charge in [-0.15, -0.1) is 23.0 Å². The number of nitrogens with one attached hydrogen (secondary N) is 2. The average Bonchev–Trinajstić information content (AvgIpc) is 3.41. The molecule has 0 unspecified atom stereocenters. The van der Waals surface area contributed by atoms with Crippen molar-refractivity contribution in [3.63, 3.8) is 0 Å². The molecule has 0 aliphatic heterocycles. The van der Waals surface area contributed by atoms with Gasteiger partial charge in [-0.2, -0.15) is 4.98 Å². The fourth-order valence-electron chi connectivity index (χ4n) is 2.29. The van der Waals surface area contributed by atoms with Gasteiger partial charge < -0.3 is 10.1 Å². The monoisotopic (exact) mass is 429 g/mol. The van der Waals surface area contributed by atoms with Gasteiger partial charge in [0, 0.05) is 6.54 Å². The zero-order valence-corrected chi connectivity index (χ0v) is 16.3. The number of carbonyl (C=O) groups excluding carboxylic acids is 3. The van der Waals surface area contributed by atoms with Gasteiger partial charge in [-0.05, 0) is 35.7 Å². The Hall–Kier alpha value is -3.86. The fourth-order valence-corrected chi connectivity index (χ4v) is 2.99. The Morgan fingerprint density at radius 1 is 1.23 bits per heavy atom. The molecule has 1 aromatic carbocycles. The molecule has 2 heterocycles. The molecule has 0 atom stereocenters. The van der Waals surface area contributed by atoms with Gasteiger partial charge in [0.05, 0.1) is 10.6 Å². The summed E-state index contributed by atoms with van der Waals surface area (Å²) in [6.07, 6.45) is 1.44. The lowest BCUT2D eigenvalue weighted by atomic mass is 10.3. The van der Waals surface area contributed by atoms with Crippen molar-refractivity contribution in [3.05, 3.63) is 66.1 Å². The lowest BCUT2D eigenvalue weighted by Crippen LogP contribution is -2.41. The lowest BCUT2D eigenvalue weighted by Gasteiger charge is -2.05. The van der Waals surface area contributed by atoms with Crippen molar-refractivity contribution >= 4 is 29.2 Å². The third-order valence-electron chi connectivity index (χ3n) is 3.60. The Morgan fingerprint density at radius 2 is 2.00 bits per heavy atom. The van der Waals surface area contributed by atoms with E-state index in [1.807, 2.05) is 16.8 Å². The third-order valence-corrected chi connectivity index (χ3v) is 4.46. The molecule has 9 nitrogen and oxygen atoms in total. The number of amides is 3. The van der Waals surface area contributed by atoms with Crippen molar-refractivity contribution < 1.29 is 23.5 Å². The second-order valence-corrected chi connectivity index (χ2v) is 6.70. The zero-order chi connectivity index (χ0) is 21.5. The number of halogens is 1. The predicted octanol–water partition coefficient (Wildman–Crippen LogP) is 2.30. The smallest absolute Gasteiger partial charge is 0.378 e. The summed E-state index contributed by atoms with van der Waals surface area (Å²) in [6.45, 7) is 2.91. The highest BCUT2D eigenvalue weighted by molar-refractivity contribution is 7.13. The summed E-state index contributed by atoms with van der Waals surface area (Å²) in [5.74, 6) is -2.11. The largest absolute Gasteiger partial charge is 0.450 e. The minimum atomic E-state index is -0.949. The number of ether oxygens (including phenoxy) is 1. The molecule has 30 heavy (non-hydrogen) atoms. The molecule has 0 saturated heterocycles. The molecule has 2 N–H and O–H groups in total. The number of aromatic nitrogens is 3. The van der Waals surface area contributed by atoms with Crippen molar-refractivity contribution in [2.45, 2.75) is 0 Å². The van der Waals surface area contributed by atoms with Crippen molar-refractivity contribution in [1.29, 1.82) is 0 Å². The average molecular weight is 429 g/mol. The van der Waals surface area contributed by atoms with Gasteiger partial charge in [0.1, 0.15) is 5.82 Å². The van der Waals surface area contributed by atoms with Gasteiger partial charge in [-0.3, -0.25) is 10.1 Å². The SMILES string of the molecule is C=CCNC(=O)NC(=O)COC(=O)c1nc(-c2cccs2)n(-c2ccc(F)cc2)n1. The first-order chi connectivity index (χ1) is 14.5. The summed E-state index contributed by atoms with van der Waals surface area (Å²) >= 11 is 1.38. The molecule has 3 rings (SSSR count). The molecular formula is C19H16FN5O4S. The van der Waals surface area contributed by atoms with Gasteiger partial charge in [0.25, 0.3) is 11.7 Å². The second kappa shape index (κ2) is 9.56. The third kappa shape index (κ3) is 5.14. The van der Waals surface area contributed by atoms with Gasteiger partial charge in [0.15, 0.2) is 12.4 Å². The van der Waals surface area contributed by atoms with Crippen LogP contribution < -0.4 is 10.6 Å². The number of esters is 1. The van der Waals surface area contributed by atoms with Crippen LogP contribution in [0, 0.1) is 5.82 Å². The predicted molar refractivity (Wildman–Crippen MR) is 107 cm³/mol. The zero-order valence-electron chi connectivity index (χ0n) is 15.5. The Morgan fingerprint density at radius 3 is 2.67 bits per heavy atom. The number of thiophene rings is 1. The molecule has 0 spiro atoms. The van der Waals surface area contributed by atoms with Crippen LogP contribution in [0.25, 0.3) is 16.4 Å².